The summed E-state index contributed by atoms with van der Waals surface area (Å²) < 4.78 is 72.4. The number of rotatable bonds is 16. The predicted molar refractivity (Wildman–Crippen MR) is 396 cm³/mol. The number of hydrogen-bond donors (Lipinski definition) is 4. The first kappa shape index (κ1) is 72.0. The van der Waals surface area contributed by atoms with Gasteiger partial charge in [-0.05, 0) is 116 Å². The average molecular weight is 1450 g/mol. The first-order valence-corrected chi connectivity index (χ1v) is 34.5. The van der Waals surface area contributed by atoms with E-state index < -0.39 is 0 Å². The summed E-state index contributed by atoms with van der Waals surface area (Å²) in [5.74, 6) is 3.46. The maximum Gasteiger partial charge on any atom is 0.494 e. The second-order valence-electron chi connectivity index (χ2n) is 25.4. The van der Waals surface area contributed by atoms with Crippen LogP contribution in [-0.2, 0) is 54.6 Å². The minimum atomic E-state index is -0.360. The Morgan fingerprint density at radius 3 is 1.20 bits per heavy atom. The van der Waals surface area contributed by atoms with E-state index in [9.17, 15) is 22.8 Å². The molecule has 0 radical (unpaired) electrons. The van der Waals surface area contributed by atoms with Gasteiger partial charge in [0.2, 0.25) is 0 Å². The number of pyridine rings is 3. The van der Waals surface area contributed by atoms with E-state index in [1.807, 2.05) is 58.2 Å². The molecule has 12 aromatic rings. The van der Waals surface area contributed by atoms with Gasteiger partial charge in [-0.3, -0.25) is 9.59 Å². The summed E-state index contributed by atoms with van der Waals surface area (Å²) in [4.78, 5) is 35.1. The number of ether oxygens (including phenoxy) is 3. The van der Waals surface area contributed by atoms with E-state index in [1.165, 1.54) is 30.8 Å². The molecule has 25 heteroatoms. The molecule has 4 aliphatic rings. The van der Waals surface area contributed by atoms with Crippen LogP contribution in [0.5, 0.6) is 17.2 Å². The average Bonchev–Trinajstić information content (AvgIpc) is 1.65. The van der Waals surface area contributed by atoms with Gasteiger partial charge in [-0.15, -0.1) is 0 Å². The van der Waals surface area contributed by atoms with Crippen LogP contribution in [-0.4, -0.2) is 103 Å². The smallest absolute Gasteiger partial charge is 0.493 e. The number of aryl methyl sites for hydroxylation is 1. The van der Waals surface area contributed by atoms with Crippen LogP contribution in [0.2, 0.25) is 0 Å². The molecular formula is C78H74BBrF3N13O7. The van der Waals surface area contributed by atoms with E-state index in [4.69, 9.17) is 23.5 Å². The minimum absolute atomic E-state index is 0.232. The molecule has 0 amide bonds. The van der Waals surface area contributed by atoms with Crippen LogP contribution in [0.3, 0.4) is 0 Å². The number of anilines is 3. The molecule has 103 heavy (non-hydrogen) atoms. The number of aldehydes is 2. The molecule has 0 bridgehead atoms. The fraction of sp³-hybridized carbons (Fsp3) is 0.244. The van der Waals surface area contributed by atoms with E-state index in [0.717, 1.165) is 137 Å². The van der Waals surface area contributed by atoms with Crippen molar-refractivity contribution in [1.29, 1.82) is 0 Å². The van der Waals surface area contributed by atoms with Crippen LogP contribution in [0.1, 0.15) is 101 Å². The van der Waals surface area contributed by atoms with Crippen molar-refractivity contribution < 1.29 is 46.3 Å². The van der Waals surface area contributed by atoms with E-state index >= 15 is 0 Å². The van der Waals surface area contributed by atoms with E-state index in [1.54, 1.807) is 92.0 Å². The van der Waals surface area contributed by atoms with Crippen molar-refractivity contribution >= 4 is 90.9 Å². The van der Waals surface area contributed by atoms with Crippen molar-refractivity contribution in [2.75, 3.05) is 42.8 Å². The number of halogens is 4. The molecule has 5 N–H and O–H groups in total. The Kier molecular flexibility index (Phi) is 22.6. The Hall–Kier alpha value is -10.9. The number of nitrogens with one attached hydrogen (secondary N) is 3. The molecule has 6 aromatic heterocycles. The first-order chi connectivity index (χ1) is 50.1. The second kappa shape index (κ2) is 32.4. The van der Waals surface area contributed by atoms with Crippen LogP contribution >= 0.6 is 15.9 Å². The SMILES string of the molecule is CC1(C)OB(c2ccc(C=O)cc2)OC1(C)C.CCCc1ccc(-c2cnc(NCc3c(F)ccc4c3CCO4)c3cnncc23)cc1.CN.Fc1ccc2c(c1CNc1ncc(Br)c3cnncc13)CCO2.O=Cc1ccc(-c2cnc(NCc3c(F)ccc4c3CCO4)c3cnncc23)cc1. The summed E-state index contributed by atoms with van der Waals surface area (Å²) in [5.41, 5.74) is 15.8. The number of nitrogens with two attached hydrogens (primary N) is 1. The zero-order valence-corrected chi connectivity index (χ0v) is 59.2. The van der Waals surface area contributed by atoms with Crippen molar-refractivity contribution in [2.45, 2.75) is 97.6 Å². The van der Waals surface area contributed by atoms with Crippen molar-refractivity contribution in [1.82, 2.24) is 45.5 Å². The molecule has 0 aliphatic carbocycles. The molecule has 1 saturated heterocycles. The number of carbonyl (C=O) groups excluding carboxylic acids is 2. The monoisotopic (exact) mass is 1450 g/mol. The zero-order valence-electron chi connectivity index (χ0n) is 57.6. The van der Waals surface area contributed by atoms with Gasteiger partial charge < -0.3 is 45.2 Å². The Balaban J connectivity index is 0.000000131. The Labute approximate surface area is 602 Å². The number of carbonyl (C=O) groups is 2. The third kappa shape index (κ3) is 15.9. The zero-order chi connectivity index (χ0) is 72.2. The molecule has 0 saturated carbocycles. The summed E-state index contributed by atoms with van der Waals surface area (Å²) in [6.45, 7) is 13.0. The van der Waals surface area contributed by atoms with Crippen molar-refractivity contribution in [2.24, 2.45) is 5.73 Å². The molecular weight excluding hydrogens is 1380 g/mol. The third-order valence-corrected chi connectivity index (χ3v) is 19.3. The molecule has 20 nitrogen and oxygen atoms in total. The van der Waals surface area contributed by atoms with Crippen LogP contribution in [0.4, 0.5) is 30.6 Å². The first-order valence-electron chi connectivity index (χ1n) is 33.7. The minimum Gasteiger partial charge on any atom is -0.493 e. The largest absolute Gasteiger partial charge is 0.494 e. The van der Waals surface area contributed by atoms with Crippen molar-refractivity contribution in [3.05, 3.63) is 237 Å². The number of aromatic nitrogens is 9. The van der Waals surface area contributed by atoms with Gasteiger partial charge >= 0.3 is 7.12 Å². The summed E-state index contributed by atoms with van der Waals surface area (Å²) in [6, 6.07) is 32.5. The predicted octanol–water partition coefficient (Wildman–Crippen LogP) is 14.4. The van der Waals surface area contributed by atoms with Gasteiger partial charge in [0, 0.05) is 150 Å². The molecule has 0 spiro atoms. The fourth-order valence-electron chi connectivity index (χ4n) is 12.5. The lowest BCUT2D eigenvalue weighted by Gasteiger charge is -2.32. The molecule has 6 aromatic carbocycles. The normalized spacial score (nSPS) is 13.9. The molecule has 524 valence electrons. The molecule has 10 heterocycles. The molecule has 0 atom stereocenters. The highest BCUT2D eigenvalue weighted by atomic mass is 79.9. The Morgan fingerprint density at radius 2 is 0.816 bits per heavy atom. The van der Waals surface area contributed by atoms with E-state index in [2.05, 4.69) is 114 Å². The third-order valence-electron chi connectivity index (χ3n) is 18.6. The van der Waals surface area contributed by atoms with Crippen molar-refractivity contribution in [3.63, 3.8) is 0 Å². The van der Waals surface area contributed by atoms with E-state index in [0.29, 0.717) is 84.6 Å². The fourth-order valence-corrected chi connectivity index (χ4v) is 12.9. The second-order valence-corrected chi connectivity index (χ2v) is 26.2. The van der Waals surface area contributed by atoms with Crippen LogP contribution in [0, 0.1) is 17.5 Å². The van der Waals surface area contributed by atoms with Gasteiger partial charge in [-0.25, -0.2) is 28.1 Å². The summed E-state index contributed by atoms with van der Waals surface area (Å²) >= 11 is 3.44. The number of fused-ring (bicyclic) bond motifs is 6. The molecule has 16 rings (SSSR count). The highest BCUT2D eigenvalue weighted by Crippen LogP contribution is 2.39. The highest BCUT2D eigenvalue weighted by Gasteiger charge is 2.51. The Bertz CT molecular complexity index is 5030. The maximum absolute atomic E-state index is 14.5. The van der Waals surface area contributed by atoms with Crippen LogP contribution < -0.4 is 41.4 Å². The quantitative estimate of drug-likeness (QED) is 0.0518. The van der Waals surface area contributed by atoms with Gasteiger partial charge in [0.1, 0.15) is 64.7 Å². The highest BCUT2D eigenvalue weighted by molar-refractivity contribution is 9.10. The maximum atomic E-state index is 14.5. The topological polar surface area (TPSA) is 258 Å². The van der Waals surface area contributed by atoms with E-state index in [-0.39, 0.29) is 42.3 Å². The number of benzene rings is 6. The van der Waals surface area contributed by atoms with Gasteiger partial charge in [0.05, 0.1) is 68.2 Å². The summed E-state index contributed by atoms with van der Waals surface area (Å²) in [7, 11) is 1.14. The number of hydrogen-bond acceptors (Lipinski definition) is 20. The lowest BCUT2D eigenvalue weighted by Crippen LogP contribution is -2.41. The molecule has 4 aliphatic heterocycles. The molecule has 1 fully saturated rings. The van der Waals surface area contributed by atoms with Gasteiger partial charge in [0.25, 0.3) is 0 Å². The van der Waals surface area contributed by atoms with Gasteiger partial charge in [0.15, 0.2) is 0 Å². The lowest BCUT2D eigenvalue weighted by molar-refractivity contribution is 0.00578. The number of nitrogens with zero attached hydrogens (tertiary/aromatic N) is 9. The summed E-state index contributed by atoms with van der Waals surface area (Å²) in [5, 5.41) is 38.9. The molecule has 0 unspecified atom stereocenters. The lowest BCUT2D eigenvalue weighted by atomic mass is 9.79. The van der Waals surface area contributed by atoms with Gasteiger partial charge in [-0.2, -0.15) is 30.6 Å². The summed E-state index contributed by atoms with van der Waals surface area (Å²) in [6.07, 6.45) is 21.3. The van der Waals surface area contributed by atoms with Crippen LogP contribution in [0.25, 0.3) is 54.6 Å². The standard InChI is InChI=1S/C25H23FN4O.C23H17FN4O2.C16H12BrFN4O.C13H17BO3.CH5N/c1-2-3-16-4-6-17(7-5-16)19-12-27-25(22-15-30-29-14-20(19)22)28-13-21-18-10-11-31-24(18)9-8-23(21)26;24-21-5-6-22-16(7-8-30-22)19(21)10-26-23-20-12-28-27-11-18(20)17(9-25-23)15-3-1-14(13-29)2-4-15;17-13-8-20-16(12-7-22-21-6-10(12)13)19-5-11-9-3-4-23-15(9)2-1-14(11)18;1-12(2)13(3,4)17-14(16-12)11-7-5-10(9-15)6-8-11;1-2/h4-9,12,14-15H,2-3,10-11,13H2,1H3,(H,27,28);1-6,9,11-13H,7-8,10H2,(H,25,26);1-2,6-8H,3-5H2,(H,19,20);5-9H,1-4H3;2H2,1H3. The Morgan fingerprint density at radius 1 is 0.466 bits per heavy atom. The van der Waals surface area contributed by atoms with Crippen LogP contribution in [0.15, 0.2) is 169 Å². The van der Waals surface area contributed by atoms with Gasteiger partial charge in [-0.1, -0.05) is 86.1 Å². The van der Waals surface area contributed by atoms with Crippen molar-refractivity contribution in [3.8, 4) is 39.5 Å².